The lowest BCUT2D eigenvalue weighted by Gasteiger charge is -2.14. The Morgan fingerprint density at radius 3 is 2.71 bits per heavy atom. The van der Waals surface area contributed by atoms with Gasteiger partial charge in [0.2, 0.25) is 5.95 Å². The van der Waals surface area contributed by atoms with Gasteiger partial charge in [-0.2, -0.15) is 0 Å². The number of carboxylic acids is 1. The van der Waals surface area contributed by atoms with E-state index in [0.29, 0.717) is 0 Å². The number of carboxylic acid groups (broad SMARTS) is 1. The molecule has 0 unspecified atom stereocenters. The molecule has 0 aliphatic rings. The molecule has 0 aromatic carbocycles. The Morgan fingerprint density at radius 2 is 2.24 bits per heavy atom. The second kappa shape index (κ2) is 5.00. The summed E-state index contributed by atoms with van der Waals surface area (Å²) in [6.07, 6.45) is 1.03. The monoisotopic (exact) mass is 247 g/mol. The Morgan fingerprint density at radius 1 is 1.59 bits per heavy atom. The van der Waals surface area contributed by atoms with E-state index in [9.17, 15) is 13.6 Å². The van der Waals surface area contributed by atoms with Crippen LogP contribution in [0.5, 0.6) is 0 Å². The quantitative estimate of drug-likeness (QED) is 0.702. The van der Waals surface area contributed by atoms with Crippen molar-refractivity contribution in [3.8, 4) is 0 Å². The van der Waals surface area contributed by atoms with E-state index in [0.717, 1.165) is 6.20 Å². The molecule has 6 nitrogen and oxygen atoms in total. The van der Waals surface area contributed by atoms with E-state index < -0.39 is 25.0 Å². The summed E-state index contributed by atoms with van der Waals surface area (Å²) < 4.78 is 25.4. The molecule has 1 aromatic rings. The topological polar surface area (TPSA) is 95.3 Å². The maximum Gasteiger partial charge on any atom is 0.339 e. The van der Waals surface area contributed by atoms with Gasteiger partial charge in [-0.1, -0.05) is 0 Å². The van der Waals surface area contributed by atoms with E-state index in [1.807, 2.05) is 0 Å². The number of aliphatic hydroxyl groups is 1. The van der Waals surface area contributed by atoms with E-state index >= 15 is 0 Å². The molecule has 1 aromatic heterocycles. The normalized spacial score (nSPS) is 11.3. The molecular formula is C9H11F2N3O3. The number of nitrogens with one attached hydrogen (secondary N) is 1. The van der Waals surface area contributed by atoms with Gasteiger partial charge in [-0.25, -0.2) is 23.5 Å². The highest BCUT2D eigenvalue weighted by Crippen LogP contribution is 2.13. The minimum atomic E-state index is -3.28. The van der Waals surface area contributed by atoms with E-state index in [1.165, 1.54) is 6.92 Å². The first-order valence-corrected chi connectivity index (χ1v) is 4.65. The lowest BCUT2D eigenvalue weighted by Crippen LogP contribution is -2.31. The summed E-state index contributed by atoms with van der Waals surface area (Å²) in [5.74, 6) is -4.57. The Balaban J connectivity index is 2.75. The molecule has 0 saturated carbocycles. The Hall–Kier alpha value is -1.83. The number of hydrogen-bond acceptors (Lipinski definition) is 5. The lowest BCUT2D eigenvalue weighted by atomic mass is 10.2. The van der Waals surface area contributed by atoms with E-state index in [4.69, 9.17) is 10.2 Å². The Labute approximate surface area is 95.3 Å². The molecule has 0 radical (unpaired) electrons. The van der Waals surface area contributed by atoms with Crippen molar-refractivity contribution in [2.45, 2.75) is 12.8 Å². The van der Waals surface area contributed by atoms with Crippen LogP contribution < -0.4 is 5.32 Å². The average molecular weight is 247 g/mol. The standard InChI is InChI=1S/C9H11F2N3O3/c1-5-6(7(16)17)2-12-8(14-5)13-3-9(10,11)4-15/h2,15H,3-4H2,1H3,(H,16,17)(H,12,13,14). The Kier molecular flexibility index (Phi) is 3.89. The molecule has 17 heavy (non-hydrogen) atoms. The van der Waals surface area contributed by atoms with Gasteiger partial charge >= 0.3 is 5.97 Å². The van der Waals surface area contributed by atoms with E-state index in [2.05, 4.69) is 15.3 Å². The van der Waals surface area contributed by atoms with Crippen molar-refractivity contribution in [3.63, 3.8) is 0 Å². The molecule has 3 N–H and O–H groups in total. The number of alkyl halides is 2. The zero-order valence-corrected chi connectivity index (χ0v) is 8.94. The summed E-state index contributed by atoms with van der Waals surface area (Å²) >= 11 is 0. The van der Waals surface area contributed by atoms with E-state index in [1.54, 1.807) is 0 Å². The summed E-state index contributed by atoms with van der Waals surface area (Å²) in [6.45, 7) is -0.679. The van der Waals surface area contributed by atoms with Crippen LogP contribution in [0.4, 0.5) is 14.7 Å². The number of aliphatic hydroxyl groups excluding tert-OH is 1. The largest absolute Gasteiger partial charge is 0.478 e. The van der Waals surface area contributed by atoms with Gasteiger partial charge in [-0.3, -0.25) is 0 Å². The number of aryl methyl sites for hydroxylation is 1. The molecular weight excluding hydrogens is 236 g/mol. The number of aromatic nitrogens is 2. The van der Waals surface area contributed by atoms with Crippen molar-refractivity contribution in [1.29, 1.82) is 0 Å². The first-order valence-electron chi connectivity index (χ1n) is 4.65. The number of carbonyl (C=O) groups is 1. The summed E-state index contributed by atoms with van der Waals surface area (Å²) in [6, 6.07) is 0. The second-order valence-electron chi connectivity index (χ2n) is 3.37. The van der Waals surface area contributed by atoms with Crippen LogP contribution in [0.1, 0.15) is 16.1 Å². The van der Waals surface area contributed by atoms with Gasteiger partial charge in [0.05, 0.1) is 17.8 Å². The smallest absolute Gasteiger partial charge is 0.339 e. The van der Waals surface area contributed by atoms with Crippen LogP contribution in [0.3, 0.4) is 0 Å². The number of rotatable bonds is 5. The maximum absolute atomic E-state index is 12.7. The molecule has 0 amide bonds. The van der Waals surface area contributed by atoms with Gasteiger partial charge in [-0.15, -0.1) is 0 Å². The molecule has 0 aliphatic carbocycles. The molecule has 0 atom stereocenters. The first kappa shape index (κ1) is 13.2. The van der Waals surface area contributed by atoms with Crippen molar-refractivity contribution in [3.05, 3.63) is 17.5 Å². The highest BCUT2D eigenvalue weighted by molar-refractivity contribution is 5.88. The van der Waals surface area contributed by atoms with Gasteiger partial charge in [0.1, 0.15) is 6.61 Å². The third-order valence-corrected chi connectivity index (χ3v) is 1.95. The zero-order chi connectivity index (χ0) is 13.1. The van der Waals surface area contributed by atoms with Crippen molar-refractivity contribution in [2.24, 2.45) is 0 Å². The van der Waals surface area contributed by atoms with Gasteiger partial charge in [0, 0.05) is 6.20 Å². The highest BCUT2D eigenvalue weighted by Gasteiger charge is 2.27. The van der Waals surface area contributed by atoms with Gasteiger partial charge < -0.3 is 15.5 Å². The van der Waals surface area contributed by atoms with Crippen LogP contribution in [-0.2, 0) is 0 Å². The van der Waals surface area contributed by atoms with Crippen molar-refractivity contribution in [1.82, 2.24) is 9.97 Å². The summed E-state index contributed by atoms with van der Waals surface area (Å²) in [4.78, 5) is 17.9. The van der Waals surface area contributed by atoms with Crippen LogP contribution in [0.2, 0.25) is 0 Å². The van der Waals surface area contributed by atoms with E-state index in [-0.39, 0.29) is 17.2 Å². The fourth-order valence-electron chi connectivity index (χ4n) is 1.03. The number of aromatic carboxylic acids is 1. The third-order valence-electron chi connectivity index (χ3n) is 1.95. The molecule has 0 aliphatic heterocycles. The maximum atomic E-state index is 12.7. The van der Waals surface area contributed by atoms with Crippen molar-refractivity contribution in [2.75, 3.05) is 18.5 Å². The number of halogens is 2. The molecule has 1 heterocycles. The number of nitrogens with zero attached hydrogens (tertiary/aromatic N) is 2. The fraction of sp³-hybridized carbons (Fsp3) is 0.444. The fourth-order valence-corrected chi connectivity index (χ4v) is 1.03. The summed E-state index contributed by atoms with van der Waals surface area (Å²) in [5, 5.41) is 19.3. The summed E-state index contributed by atoms with van der Waals surface area (Å²) in [7, 11) is 0. The number of anilines is 1. The molecule has 1 rings (SSSR count). The van der Waals surface area contributed by atoms with Gasteiger partial charge in [0.25, 0.3) is 5.92 Å². The average Bonchev–Trinajstić information content (AvgIpc) is 2.26. The summed E-state index contributed by atoms with van der Waals surface area (Å²) in [5.41, 5.74) is 0.0757. The highest BCUT2D eigenvalue weighted by atomic mass is 19.3. The molecule has 8 heteroatoms. The SMILES string of the molecule is Cc1nc(NCC(F)(F)CO)ncc1C(=O)O. The second-order valence-corrected chi connectivity index (χ2v) is 3.37. The molecule has 94 valence electrons. The molecule has 0 bridgehead atoms. The first-order chi connectivity index (χ1) is 7.85. The predicted molar refractivity (Wildman–Crippen MR) is 54.3 cm³/mol. The van der Waals surface area contributed by atoms with Crippen LogP contribution in [0.15, 0.2) is 6.20 Å². The van der Waals surface area contributed by atoms with Gasteiger partial charge in [0.15, 0.2) is 0 Å². The predicted octanol–water partition coefficient (Wildman–Crippen LogP) is 0.523. The minimum absolute atomic E-state index is 0.0931. The zero-order valence-electron chi connectivity index (χ0n) is 8.94. The molecule has 0 fully saturated rings. The van der Waals surface area contributed by atoms with Crippen LogP contribution in [0.25, 0.3) is 0 Å². The van der Waals surface area contributed by atoms with Crippen molar-refractivity contribution >= 4 is 11.9 Å². The minimum Gasteiger partial charge on any atom is -0.478 e. The van der Waals surface area contributed by atoms with Gasteiger partial charge in [-0.05, 0) is 6.92 Å². The molecule has 0 saturated heterocycles. The van der Waals surface area contributed by atoms with Crippen LogP contribution in [0, 0.1) is 6.92 Å². The van der Waals surface area contributed by atoms with Crippen LogP contribution in [-0.4, -0.2) is 45.2 Å². The Bertz CT molecular complexity index is 426. The third kappa shape index (κ3) is 3.59. The van der Waals surface area contributed by atoms with Crippen molar-refractivity contribution < 1.29 is 23.8 Å². The number of hydrogen-bond donors (Lipinski definition) is 3. The lowest BCUT2D eigenvalue weighted by molar-refractivity contribution is -0.0374. The van der Waals surface area contributed by atoms with Crippen LogP contribution >= 0.6 is 0 Å². The molecule has 0 spiro atoms.